The molecule has 1 saturated heterocycles. The minimum absolute atomic E-state index is 0.0554. The number of hydrogen-bond acceptors (Lipinski definition) is 3. The molecule has 1 heterocycles. The molecule has 2 aromatic rings. The molecule has 0 radical (unpaired) electrons. The fourth-order valence-corrected chi connectivity index (χ4v) is 3.77. The molecule has 2 aromatic carbocycles. The quantitative estimate of drug-likeness (QED) is 0.497. The van der Waals surface area contributed by atoms with Gasteiger partial charge in [0.05, 0.1) is 0 Å². The molecule has 0 saturated carbocycles. The Hall–Kier alpha value is -3.12. The van der Waals surface area contributed by atoms with E-state index in [2.05, 4.69) is 69.8 Å². The Kier molecular flexibility index (Phi) is 9.32. The van der Waals surface area contributed by atoms with E-state index in [9.17, 15) is 4.79 Å². The van der Waals surface area contributed by atoms with Crippen LogP contribution < -0.4 is 10.6 Å². The standard InChI is InChI=1S/C26H35N5O/c1-3-28-26(29-15-14-23-11-7-13-24(21-23)25(32)27-2)31-19-17-30(18-20-31)16-8-12-22-9-5-4-6-10-22/h4-13,21H,3,14-20H2,1-2H3,(H,27,32)(H,28,29)/b12-8+. The van der Waals surface area contributed by atoms with Gasteiger partial charge in [-0.15, -0.1) is 0 Å². The Morgan fingerprint density at radius 2 is 1.84 bits per heavy atom. The summed E-state index contributed by atoms with van der Waals surface area (Å²) in [7, 11) is 1.65. The first-order chi connectivity index (χ1) is 15.7. The van der Waals surface area contributed by atoms with Gasteiger partial charge in [-0.1, -0.05) is 54.6 Å². The average molecular weight is 434 g/mol. The van der Waals surface area contributed by atoms with Crippen LogP contribution >= 0.6 is 0 Å². The van der Waals surface area contributed by atoms with Crippen LogP contribution in [0.25, 0.3) is 6.08 Å². The largest absolute Gasteiger partial charge is 0.357 e. The van der Waals surface area contributed by atoms with Crippen molar-refractivity contribution in [1.29, 1.82) is 0 Å². The zero-order valence-electron chi connectivity index (χ0n) is 19.3. The topological polar surface area (TPSA) is 60.0 Å². The van der Waals surface area contributed by atoms with Crippen molar-refractivity contribution in [1.82, 2.24) is 20.4 Å². The van der Waals surface area contributed by atoms with Crippen molar-refractivity contribution in [3.05, 3.63) is 77.4 Å². The maximum absolute atomic E-state index is 11.8. The summed E-state index contributed by atoms with van der Waals surface area (Å²) >= 11 is 0. The number of nitrogens with zero attached hydrogens (tertiary/aromatic N) is 3. The van der Waals surface area contributed by atoms with Crippen molar-refractivity contribution in [2.24, 2.45) is 4.99 Å². The van der Waals surface area contributed by atoms with Gasteiger partial charge in [-0.2, -0.15) is 0 Å². The second-order valence-corrected chi connectivity index (χ2v) is 7.87. The van der Waals surface area contributed by atoms with Crippen molar-refractivity contribution >= 4 is 17.9 Å². The highest BCUT2D eigenvalue weighted by Crippen LogP contribution is 2.08. The lowest BCUT2D eigenvalue weighted by Gasteiger charge is -2.36. The first-order valence-electron chi connectivity index (χ1n) is 11.5. The van der Waals surface area contributed by atoms with Gasteiger partial charge in [0, 0.05) is 58.4 Å². The first-order valence-corrected chi connectivity index (χ1v) is 11.5. The SMILES string of the molecule is CCNC(=NCCc1cccc(C(=O)NC)c1)N1CCN(C/C=C/c2ccccc2)CC1. The van der Waals surface area contributed by atoms with Crippen LogP contribution in [-0.4, -0.2) is 74.5 Å². The molecule has 0 atom stereocenters. The molecule has 1 aliphatic rings. The molecule has 1 fully saturated rings. The lowest BCUT2D eigenvalue weighted by molar-refractivity contribution is 0.0963. The van der Waals surface area contributed by atoms with Crippen LogP contribution in [0.15, 0.2) is 65.7 Å². The van der Waals surface area contributed by atoms with Gasteiger partial charge in [-0.3, -0.25) is 14.7 Å². The van der Waals surface area contributed by atoms with E-state index in [4.69, 9.17) is 4.99 Å². The van der Waals surface area contributed by atoms with Gasteiger partial charge < -0.3 is 15.5 Å². The highest BCUT2D eigenvalue weighted by molar-refractivity contribution is 5.94. The second-order valence-electron chi connectivity index (χ2n) is 7.87. The van der Waals surface area contributed by atoms with E-state index in [0.29, 0.717) is 12.1 Å². The molecule has 0 unspecified atom stereocenters. The molecule has 2 N–H and O–H groups in total. The molecule has 1 aliphatic heterocycles. The Bertz CT molecular complexity index is 901. The lowest BCUT2D eigenvalue weighted by atomic mass is 10.1. The number of guanidine groups is 1. The summed E-state index contributed by atoms with van der Waals surface area (Å²) in [6, 6.07) is 18.2. The van der Waals surface area contributed by atoms with Crippen LogP contribution in [0, 0.1) is 0 Å². The zero-order chi connectivity index (χ0) is 22.6. The molecule has 6 nitrogen and oxygen atoms in total. The van der Waals surface area contributed by atoms with Gasteiger partial charge in [-0.25, -0.2) is 0 Å². The first kappa shape index (κ1) is 23.5. The molecule has 6 heteroatoms. The van der Waals surface area contributed by atoms with Gasteiger partial charge in [0.25, 0.3) is 5.91 Å². The molecule has 0 aromatic heterocycles. The van der Waals surface area contributed by atoms with Gasteiger partial charge in [0.2, 0.25) is 0 Å². The normalized spacial score (nSPS) is 15.2. The Morgan fingerprint density at radius 1 is 1.06 bits per heavy atom. The Balaban J connectivity index is 1.49. The Labute approximate surface area is 192 Å². The van der Waals surface area contributed by atoms with E-state index in [1.807, 2.05) is 24.3 Å². The van der Waals surface area contributed by atoms with Crippen LogP contribution in [-0.2, 0) is 6.42 Å². The molecule has 3 rings (SSSR count). The summed E-state index contributed by atoms with van der Waals surface area (Å²) in [6.07, 6.45) is 5.25. The minimum Gasteiger partial charge on any atom is -0.357 e. The number of amides is 1. The third-order valence-corrected chi connectivity index (χ3v) is 5.56. The molecule has 170 valence electrons. The second kappa shape index (κ2) is 12.7. The number of hydrogen-bond donors (Lipinski definition) is 2. The number of piperazine rings is 1. The summed E-state index contributed by atoms with van der Waals surface area (Å²) in [5, 5.41) is 6.11. The van der Waals surface area contributed by atoms with Crippen molar-refractivity contribution < 1.29 is 4.79 Å². The number of rotatable bonds is 8. The Morgan fingerprint density at radius 3 is 2.56 bits per heavy atom. The molecule has 32 heavy (non-hydrogen) atoms. The highest BCUT2D eigenvalue weighted by atomic mass is 16.1. The van der Waals surface area contributed by atoms with Crippen LogP contribution in [0.2, 0.25) is 0 Å². The monoisotopic (exact) mass is 433 g/mol. The van der Waals surface area contributed by atoms with Crippen LogP contribution in [0.4, 0.5) is 0 Å². The number of carbonyl (C=O) groups is 1. The fraction of sp³-hybridized carbons (Fsp3) is 0.385. The maximum atomic E-state index is 11.8. The van der Waals surface area contributed by atoms with E-state index in [-0.39, 0.29) is 5.91 Å². The smallest absolute Gasteiger partial charge is 0.251 e. The lowest BCUT2D eigenvalue weighted by Crippen LogP contribution is -2.52. The van der Waals surface area contributed by atoms with Crippen LogP contribution in [0.3, 0.4) is 0 Å². The number of aliphatic imine (C=N–C) groups is 1. The van der Waals surface area contributed by atoms with Gasteiger partial charge in [0.1, 0.15) is 0 Å². The predicted octanol–water partition coefficient (Wildman–Crippen LogP) is 2.89. The summed E-state index contributed by atoms with van der Waals surface area (Å²) in [6.45, 7) is 8.61. The van der Waals surface area contributed by atoms with E-state index < -0.39 is 0 Å². The van der Waals surface area contributed by atoms with E-state index in [1.54, 1.807) is 7.05 Å². The van der Waals surface area contributed by atoms with Gasteiger partial charge >= 0.3 is 0 Å². The van der Waals surface area contributed by atoms with E-state index >= 15 is 0 Å². The predicted molar refractivity (Wildman–Crippen MR) is 133 cm³/mol. The third kappa shape index (κ3) is 7.24. The van der Waals surface area contributed by atoms with E-state index in [1.165, 1.54) is 5.56 Å². The van der Waals surface area contributed by atoms with Crippen molar-refractivity contribution in [3.8, 4) is 0 Å². The van der Waals surface area contributed by atoms with Crippen molar-refractivity contribution in [3.63, 3.8) is 0 Å². The van der Waals surface area contributed by atoms with Crippen molar-refractivity contribution in [2.45, 2.75) is 13.3 Å². The molecular formula is C26H35N5O. The summed E-state index contributed by atoms with van der Waals surface area (Å²) < 4.78 is 0. The van der Waals surface area contributed by atoms with Gasteiger partial charge in [0.15, 0.2) is 5.96 Å². The molecule has 1 amide bonds. The van der Waals surface area contributed by atoms with Crippen molar-refractivity contribution in [2.75, 3.05) is 52.9 Å². The molecular weight excluding hydrogens is 398 g/mol. The van der Waals surface area contributed by atoms with E-state index in [0.717, 1.165) is 57.2 Å². The minimum atomic E-state index is -0.0554. The summed E-state index contributed by atoms with van der Waals surface area (Å²) in [5.74, 6) is 0.926. The highest BCUT2D eigenvalue weighted by Gasteiger charge is 2.18. The van der Waals surface area contributed by atoms with Crippen LogP contribution in [0.5, 0.6) is 0 Å². The number of carbonyl (C=O) groups excluding carboxylic acids is 1. The molecule has 0 bridgehead atoms. The summed E-state index contributed by atoms with van der Waals surface area (Å²) in [5.41, 5.74) is 3.06. The zero-order valence-corrected chi connectivity index (χ0v) is 19.3. The number of benzene rings is 2. The fourth-order valence-electron chi connectivity index (χ4n) is 3.77. The average Bonchev–Trinajstić information content (AvgIpc) is 2.84. The molecule has 0 spiro atoms. The van der Waals surface area contributed by atoms with Crippen LogP contribution in [0.1, 0.15) is 28.4 Å². The maximum Gasteiger partial charge on any atom is 0.251 e. The summed E-state index contributed by atoms with van der Waals surface area (Å²) in [4.78, 5) is 21.5. The molecule has 0 aliphatic carbocycles. The number of nitrogens with one attached hydrogen (secondary N) is 2. The third-order valence-electron chi connectivity index (χ3n) is 5.56. The van der Waals surface area contributed by atoms with Gasteiger partial charge in [-0.05, 0) is 36.6 Å².